The van der Waals surface area contributed by atoms with E-state index in [9.17, 15) is 4.79 Å². The standard InChI is InChI=1S/C22H34N2O3/c1-4-27-22(3,18-8-9-18)21(25)23-19-10-12-20(13-11-19)26-16-15-24-14-6-5-7-17(24)2/h10-13,17-18H,4-9,14-16H2,1-3H3,(H,23,25)/t17-,22+/m0/s1. The minimum Gasteiger partial charge on any atom is -0.492 e. The van der Waals surface area contributed by atoms with Gasteiger partial charge < -0.3 is 14.8 Å². The lowest BCUT2D eigenvalue weighted by molar-refractivity contribution is -0.141. The molecule has 1 saturated carbocycles. The van der Waals surface area contributed by atoms with E-state index in [2.05, 4.69) is 17.1 Å². The van der Waals surface area contributed by atoms with E-state index in [1.165, 1.54) is 25.8 Å². The number of nitrogens with zero attached hydrogens (tertiary/aromatic N) is 1. The molecule has 3 rings (SSSR count). The monoisotopic (exact) mass is 374 g/mol. The highest BCUT2D eigenvalue weighted by Gasteiger charge is 2.48. The van der Waals surface area contributed by atoms with Crippen molar-refractivity contribution in [2.45, 2.75) is 64.5 Å². The van der Waals surface area contributed by atoms with Gasteiger partial charge in [0.2, 0.25) is 0 Å². The Morgan fingerprint density at radius 1 is 1.22 bits per heavy atom. The van der Waals surface area contributed by atoms with Crippen LogP contribution < -0.4 is 10.1 Å². The van der Waals surface area contributed by atoms with E-state index < -0.39 is 5.60 Å². The van der Waals surface area contributed by atoms with Gasteiger partial charge in [-0.3, -0.25) is 9.69 Å². The van der Waals surface area contributed by atoms with Gasteiger partial charge in [0, 0.05) is 24.9 Å². The second kappa shape index (κ2) is 9.07. The zero-order valence-corrected chi connectivity index (χ0v) is 17.0. The Bertz CT molecular complexity index is 614. The first kappa shape index (κ1) is 20.2. The van der Waals surface area contributed by atoms with Crippen molar-refractivity contribution in [2.75, 3.05) is 31.6 Å². The van der Waals surface area contributed by atoms with E-state index in [4.69, 9.17) is 9.47 Å². The molecule has 1 aromatic carbocycles. The molecule has 1 aliphatic heterocycles. The number of likely N-dealkylation sites (tertiary alicyclic amines) is 1. The smallest absolute Gasteiger partial charge is 0.256 e. The van der Waals surface area contributed by atoms with Gasteiger partial charge in [0.15, 0.2) is 0 Å². The van der Waals surface area contributed by atoms with Crippen LogP contribution in [-0.4, -0.2) is 48.8 Å². The maximum atomic E-state index is 12.7. The van der Waals surface area contributed by atoms with Gasteiger partial charge in [-0.15, -0.1) is 0 Å². The van der Waals surface area contributed by atoms with Gasteiger partial charge in [0.1, 0.15) is 18.0 Å². The van der Waals surface area contributed by atoms with Crippen molar-refractivity contribution in [1.82, 2.24) is 4.90 Å². The molecule has 0 unspecified atom stereocenters. The Balaban J connectivity index is 1.47. The molecular weight excluding hydrogens is 340 g/mol. The molecule has 1 aromatic rings. The highest BCUT2D eigenvalue weighted by Crippen LogP contribution is 2.42. The highest BCUT2D eigenvalue weighted by molar-refractivity contribution is 5.97. The fourth-order valence-corrected chi connectivity index (χ4v) is 3.96. The van der Waals surface area contributed by atoms with Crippen LogP contribution in [0.3, 0.4) is 0 Å². The van der Waals surface area contributed by atoms with Gasteiger partial charge >= 0.3 is 0 Å². The molecule has 0 aromatic heterocycles. The van der Waals surface area contributed by atoms with E-state index >= 15 is 0 Å². The van der Waals surface area contributed by atoms with E-state index in [-0.39, 0.29) is 5.91 Å². The van der Waals surface area contributed by atoms with E-state index in [0.717, 1.165) is 30.8 Å². The maximum Gasteiger partial charge on any atom is 0.256 e. The van der Waals surface area contributed by atoms with Crippen LogP contribution in [0.5, 0.6) is 5.75 Å². The number of carbonyl (C=O) groups is 1. The predicted molar refractivity (Wildman–Crippen MR) is 108 cm³/mol. The average Bonchev–Trinajstić information content (AvgIpc) is 3.50. The number of amides is 1. The van der Waals surface area contributed by atoms with Gasteiger partial charge in [-0.1, -0.05) is 6.42 Å². The quantitative estimate of drug-likeness (QED) is 0.707. The van der Waals surface area contributed by atoms with Crippen molar-refractivity contribution in [2.24, 2.45) is 5.92 Å². The summed E-state index contributed by atoms with van der Waals surface area (Å²) in [5, 5.41) is 3.00. The van der Waals surface area contributed by atoms with Crippen LogP contribution in [0.25, 0.3) is 0 Å². The van der Waals surface area contributed by atoms with Crippen LogP contribution >= 0.6 is 0 Å². The molecule has 1 amide bonds. The van der Waals surface area contributed by atoms with Crippen molar-refractivity contribution >= 4 is 11.6 Å². The number of rotatable bonds is 9. The average molecular weight is 375 g/mol. The van der Waals surface area contributed by atoms with Gasteiger partial charge in [-0.2, -0.15) is 0 Å². The molecule has 2 fully saturated rings. The number of piperidine rings is 1. The molecule has 150 valence electrons. The Labute approximate surface area is 163 Å². The van der Waals surface area contributed by atoms with Gasteiger partial charge in [-0.25, -0.2) is 0 Å². The molecule has 0 spiro atoms. The SMILES string of the molecule is CCO[C@@](C)(C(=O)Nc1ccc(OCCN2CCCC[C@@H]2C)cc1)C1CC1. The normalized spacial score (nSPS) is 22.9. The number of hydrogen-bond donors (Lipinski definition) is 1. The topological polar surface area (TPSA) is 50.8 Å². The van der Waals surface area contributed by atoms with E-state index in [1.54, 1.807) is 0 Å². The van der Waals surface area contributed by atoms with Crippen molar-refractivity contribution in [3.05, 3.63) is 24.3 Å². The van der Waals surface area contributed by atoms with Crippen LogP contribution in [0.1, 0.15) is 52.9 Å². The van der Waals surface area contributed by atoms with Crippen molar-refractivity contribution < 1.29 is 14.3 Å². The van der Waals surface area contributed by atoms with Gasteiger partial charge in [-0.05, 0) is 83.2 Å². The second-order valence-electron chi connectivity index (χ2n) is 8.02. The Morgan fingerprint density at radius 3 is 2.59 bits per heavy atom. The third-order valence-electron chi connectivity index (χ3n) is 5.95. The summed E-state index contributed by atoms with van der Waals surface area (Å²) in [6.45, 7) is 9.52. The lowest BCUT2D eigenvalue weighted by Crippen LogP contribution is -2.44. The number of hydrogen-bond acceptors (Lipinski definition) is 4. The summed E-state index contributed by atoms with van der Waals surface area (Å²) < 4.78 is 11.7. The Hall–Kier alpha value is -1.59. The van der Waals surface area contributed by atoms with Gasteiger partial charge in [0.05, 0.1) is 0 Å². The zero-order valence-electron chi connectivity index (χ0n) is 17.0. The molecular formula is C22H34N2O3. The minimum atomic E-state index is -0.727. The summed E-state index contributed by atoms with van der Waals surface area (Å²) >= 11 is 0. The number of nitrogens with one attached hydrogen (secondary N) is 1. The summed E-state index contributed by atoms with van der Waals surface area (Å²) in [6, 6.07) is 8.30. The van der Waals surface area contributed by atoms with Crippen LogP contribution in [-0.2, 0) is 9.53 Å². The van der Waals surface area contributed by atoms with Crippen LogP contribution in [0.4, 0.5) is 5.69 Å². The summed E-state index contributed by atoms with van der Waals surface area (Å²) in [5.74, 6) is 1.12. The van der Waals surface area contributed by atoms with Crippen molar-refractivity contribution in [3.63, 3.8) is 0 Å². The summed E-state index contributed by atoms with van der Waals surface area (Å²) in [6.07, 6.45) is 6.05. The molecule has 1 saturated heterocycles. The third-order valence-corrected chi connectivity index (χ3v) is 5.95. The van der Waals surface area contributed by atoms with Crippen LogP contribution in [0, 0.1) is 5.92 Å². The zero-order chi connectivity index (χ0) is 19.3. The molecule has 5 heteroatoms. The minimum absolute atomic E-state index is 0.0559. The third kappa shape index (κ3) is 5.23. The fraction of sp³-hybridized carbons (Fsp3) is 0.682. The molecule has 1 N–H and O–H groups in total. The molecule has 2 aliphatic rings. The lowest BCUT2D eigenvalue weighted by Gasteiger charge is -2.33. The van der Waals surface area contributed by atoms with Gasteiger partial charge in [0.25, 0.3) is 5.91 Å². The first-order valence-electron chi connectivity index (χ1n) is 10.4. The molecule has 1 heterocycles. The van der Waals surface area contributed by atoms with Crippen LogP contribution in [0.15, 0.2) is 24.3 Å². The first-order valence-corrected chi connectivity index (χ1v) is 10.4. The van der Waals surface area contributed by atoms with E-state index in [0.29, 0.717) is 25.2 Å². The number of ether oxygens (including phenoxy) is 2. The predicted octanol–water partition coefficient (Wildman–Crippen LogP) is 4.08. The Kier molecular flexibility index (Phi) is 6.77. The number of carbonyl (C=O) groups excluding carboxylic acids is 1. The van der Waals surface area contributed by atoms with Crippen LogP contribution in [0.2, 0.25) is 0 Å². The van der Waals surface area contributed by atoms with Crippen molar-refractivity contribution in [3.8, 4) is 5.75 Å². The molecule has 27 heavy (non-hydrogen) atoms. The number of anilines is 1. The maximum absolute atomic E-state index is 12.7. The Morgan fingerprint density at radius 2 is 1.96 bits per heavy atom. The molecule has 0 bridgehead atoms. The highest BCUT2D eigenvalue weighted by atomic mass is 16.5. The fourth-order valence-electron chi connectivity index (χ4n) is 3.96. The second-order valence-corrected chi connectivity index (χ2v) is 8.02. The lowest BCUT2D eigenvalue weighted by atomic mass is 9.99. The molecule has 2 atom stereocenters. The largest absolute Gasteiger partial charge is 0.492 e. The summed E-state index contributed by atoms with van der Waals surface area (Å²) in [5.41, 5.74) is 0.0540. The summed E-state index contributed by atoms with van der Waals surface area (Å²) in [7, 11) is 0. The van der Waals surface area contributed by atoms with E-state index in [1.807, 2.05) is 38.1 Å². The molecule has 1 aliphatic carbocycles. The molecule has 0 radical (unpaired) electrons. The molecule has 5 nitrogen and oxygen atoms in total. The first-order chi connectivity index (χ1) is 13.0. The summed E-state index contributed by atoms with van der Waals surface area (Å²) in [4.78, 5) is 15.2. The van der Waals surface area contributed by atoms with Crippen molar-refractivity contribution in [1.29, 1.82) is 0 Å². The number of benzene rings is 1.